The number of amides is 1. The number of carboxylic acids is 1. The van der Waals surface area contributed by atoms with Crippen molar-refractivity contribution in [2.75, 3.05) is 13.7 Å². The predicted molar refractivity (Wildman–Crippen MR) is 81.9 cm³/mol. The highest BCUT2D eigenvalue weighted by Crippen LogP contribution is 2.50. The van der Waals surface area contributed by atoms with Crippen molar-refractivity contribution in [2.24, 2.45) is 0 Å². The highest BCUT2D eigenvalue weighted by molar-refractivity contribution is 5.95. The zero-order valence-electron chi connectivity index (χ0n) is 12.7. The van der Waals surface area contributed by atoms with E-state index in [1.807, 2.05) is 24.3 Å². The fraction of sp³-hybridized carbons (Fsp3) is 0.294. The third-order valence-corrected chi connectivity index (χ3v) is 4.19. The molecule has 0 atom stereocenters. The van der Waals surface area contributed by atoms with Gasteiger partial charge in [0.1, 0.15) is 12.0 Å². The summed E-state index contributed by atoms with van der Waals surface area (Å²) in [5, 5.41) is 11.7. The summed E-state index contributed by atoms with van der Waals surface area (Å²) in [4.78, 5) is 22.9. The molecule has 0 saturated heterocycles. The largest absolute Gasteiger partial charge is 0.496 e. The number of benzene rings is 1. The number of carbonyl (C=O) groups is 2. The second-order valence-corrected chi connectivity index (χ2v) is 5.67. The molecule has 6 heteroatoms. The minimum Gasteiger partial charge on any atom is -0.496 e. The zero-order valence-corrected chi connectivity index (χ0v) is 12.7. The Balaban J connectivity index is 1.70. The van der Waals surface area contributed by atoms with Gasteiger partial charge in [0, 0.05) is 23.6 Å². The van der Waals surface area contributed by atoms with Gasteiger partial charge in [-0.2, -0.15) is 0 Å². The maximum absolute atomic E-state index is 12.1. The average Bonchev–Trinajstić information content (AvgIpc) is 3.18. The number of para-hydroxylation sites is 1. The molecule has 120 valence electrons. The molecule has 3 rings (SSSR count). The molecular weight excluding hydrogens is 298 g/mol. The van der Waals surface area contributed by atoms with Crippen molar-refractivity contribution in [3.63, 3.8) is 0 Å². The molecule has 1 heterocycles. The Morgan fingerprint density at radius 3 is 2.70 bits per heavy atom. The monoisotopic (exact) mass is 315 g/mol. The number of hydrogen-bond donors (Lipinski definition) is 2. The van der Waals surface area contributed by atoms with Gasteiger partial charge in [-0.15, -0.1) is 0 Å². The third kappa shape index (κ3) is 2.92. The molecule has 1 amide bonds. The van der Waals surface area contributed by atoms with E-state index >= 15 is 0 Å². The molecule has 1 fully saturated rings. The molecule has 23 heavy (non-hydrogen) atoms. The molecule has 2 aromatic rings. The maximum atomic E-state index is 12.1. The van der Waals surface area contributed by atoms with Crippen LogP contribution in [0.2, 0.25) is 0 Å². The number of carboxylic acid groups (broad SMARTS) is 1. The van der Waals surface area contributed by atoms with Crippen molar-refractivity contribution in [3.05, 3.63) is 53.5 Å². The van der Waals surface area contributed by atoms with Crippen molar-refractivity contribution in [2.45, 2.75) is 18.3 Å². The Kier molecular flexibility index (Phi) is 3.82. The van der Waals surface area contributed by atoms with Crippen molar-refractivity contribution in [1.82, 2.24) is 5.32 Å². The van der Waals surface area contributed by atoms with Gasteiger partial charge in [0.2, 0.25) is 0 Å². The van der Waals surface area contributed by atoms with Crippen LogP contribution in [-0.2, 0) is 5.41 Å². The summed E-state index contributed by atoms with van der Waals surface area (Å²) < 4.78 is 10.4. The van der Waals surface area contributed by atoms with Gasteiger partial charge < -0.3 is 19.6 Å². The molecule has 0 aliphatic heterocycles. The molecule has 0 bridgehead atoms. The lowest BCUT2D eigenvalue weighted by Crippen LogP contribution is -2.32. The fourth-order valence-electron chi connectivity index (χ4n) is 2.68. The van der Waals surface area contributed by atoms with Crippen LogP contribution in [0.25, 0.3) is 0 Å². The van der Waals surface area contributed by atoms with E-state index in [0.717, 1.165) is 30.4 Å². The second kappa shape index (κ2) is 5.79. The molecule has 0 unspecified atom stereocenters. The van der Waals surface area contributed by atoms with Gasteiger partial charge >= 0.3 is 5.97 Å². The lowest BCUT2D eigenvalue weighted by Gasteiger charge is -2.19. The molecule has 2 N–H and O–H groups in total. The molecular formula is C17H17NO5. The van der Waals surface area contributed by atoms with Crippen LogP contribution in [0.5, 0.6) is 5.75 Å². The van der Waals surface area contributed by atoms with Gasteiger partial charge in [-0.3, -0.25) is 4.79 Å². The van der Waals surface area contributed by atoms with Gasteiger partial charge in [-0.25, -0.2) is 4.79 Å². The molecule has 1 aliphatic rings. The van der Waals surface area contributed by atoms with E-state index in [4.69, 9.17) is 14.3 Å². The van der Waals surface area contributed by atoms with Gasteiger partial charge in [-0.1, -0.05) is 18.2 Å². The smallest absolute Gasteiger partial charge is 0.338 e. The van der Waals surface area contributed by atoms with Crippen LogP contribution >= 0.6 is 0 Å². The lowest BCUT2D eigenvalue weighted by molar-refractivity contribution is 0.0696. The Labute approximate surface area is 133 Å². The number of furan rings is 1. The van der Waals surface area contributed by atoms with E-state index < -0.39 is 11.9 Å². The number of aromatic carboxylic acids is 1. The minimum atomic E-state index is -1.12. The summed E-state index contributed by atoms with van der Waals surface area (Å²) in [5.41, 5.74) is 0.916. The lowest BCUT2D eigenvalue weighted by atomic mass is 9.95. The highest BCUT2D eigenvalue weighted by atomic mass is 16.5. The first kappa shape index (κ1) is 15.1. The number of methoxy groups -OCH3 is 1. The molecule has 1 aromatic carbocycles. The maximum Gasteiger partial charge on any atom is 0.338 e. The molecule has 1 saturated carbocycles. The topological polar surface area (TPSA) is 88.8 Å². The molecule has 1 aliphatic carbocycles. The van der Waals surface area contributed by atoms with E-state index in [-0.39, 0.29) is 16.7 Å². The van der Waals surface area contributed by atoms with Gasteiger partial charge in [0.05, 0.1) is 12.7 Å². The van der Waals surface area contributed by atoms with E-state index in [0.29, 0.717) is 6.54 Å². The summed E-state index contributed by atoms with van der Waals surface area (Å²) >= 11 is 0. The van der Waals surface area contributed by atoms with Crippen molar-refractivity contribution >= 4 is 11.9 Å². The standard InChI is InChI=1S/C17H17NO5/c1-22-13-5-3-2-4-12(13)17(6-7-17)10-18-15(19)14-8-11(9-23-14)16(20)21/h2-5,8-9H,6-7,10H2,1H3,(H,18,19)(H,20,21). The Morgan fingerprint density at radius 1 is 1.35 bits per heavy atom. The summed E-state index contributed by atoms with van der Waals surface area (Å²) in [6.07, 6.45) is 2.99. The van der Waals surface area contributed by atoms with Crippen LogP contribution < -0.4 is 10.1 Å². The first-order valence-electron chi connectivity index (χ1n) is 7.29. The Bertz CT molecular complexity index is 745. The van der Waals surface area contributed by atoms with E-state index in [9.17, 15) is 9.59 Å². The van der Waals surface area contributed by atoms with Gasteiger partial charge in [-0.05, 0) is 18.9 Å². The molecule has 0 spiro atoms. The molecule has 1 aromatic heterocycles. The van der Waals surface area contributed by atoms with Gasteiger partial charge in [0.15, 0.2) is 5.76 Å². The summed E-state index contributed by atoms with van der Waals surface area (Å²) in [5.74, 6) is -0.734. The number of hydrogen-bond acceptors (Lipinski definition) is 4. The van der Waals surface area contributed by atoms with Crippen molar-refractivity contribution in [3.8, 4) is 5.75 Å². The molecule has 0 radical (unpaired) electrons. The van der Waals surface area contributed by atoms with Crippen LogP contribution in [-0.4, -0.2) is 30.6 Å². The van der Waals surface area contributed by atoms with E-state index in [1.165, 1.54) is 6.07 Å². The number of carbonyl (C=O) groups excluding carboxylic acids is 1. The zero-order chi connectivity index (χ0) is 16.4. The van der Waals surface area contributed by atoms with Crippen molar-refractivity contribution < 1.29 is 23.8 Å². The number of ether oxygens (including phenoxy) is 1. The third-order valence-electron chi connectivity index (χ3n) is 4.19. The first-order chi connectivity index (χ1) is 11.1. The normalized spacial score (nSPS) is 15.0. The summed E-state index contributed by atoms with van der Waals surface area (Å²) in [6.45, 7) is 0.454. The predicted octanol–water partition coefficient (Wildman–Crippen LogP) is 2.45. The Hall–Kier alpha value is -2.76. The van der Waals surface area contributed by atoms with Gasteiger partial charge in [0.25, 0.3) is 5.91 Å². The molecule has 6 nitrogen and oxygen atoms in total. The van der Waals surface area contributed by atoms with Crippen LogP contribution in [0.15, 0.2) is 41.0 Å². The average molecular weight is 315 g/mol. The van der Waals surface area contributed by atoms with E-state index in [2.05, 4.69) is 5.32 Å². The van der Waals surface area contributed by atoms with Crippen LogP contribution in [0.4, 0.5) is 0 Å². The minimum absolute atomic E-state index is 0.00164. The van der Waals surface area contributed by atoms with Crippen molar-refractivity contribution in [1.29, 1.82) is 0 Å². The Morgan fingerprint density at radius 2 is 2.09 bits per heavy atom. The number of nitrogens with one attached hydrogen (secondary N) is 1. The second-order valence-electron chi connectivity index (χ2n) is 5.67. The van der Waals surface area contributed by atoms with Crippen LogP contribution in [0, 0.1) is 0 Å². The van der Waals surface area contributed by atoms with Crippen LogP contribution in [0.3, 0.4) is 0 Å². The highest BCUT2D eigenvalue weighted by Gasteiger charge is 2.46. The summed E-state index contributed by atoms with van der Waals surface area (Å²) in [7, 11) is 1.63. The quantitative estimate of drug-likeness (QED) is 0.854. The first-order valence-corrected chi connectivity index (χ1v) is 7.29. The number of rotatable bonds is 6. The van der Waals surface area contributed by atoms with E-state index in [1.54, 1.807) is 7.11 Å². The summed E-state index contributed by atoms with van der Waals surface area (Å²) in [6, 6.07) is 9.00. The SMILES string of the molecule is COc1ccccc1C1(CNC(=O)c2cc(C(=O)O)co2)CC1. The fourth-order valence-corrected chi connectivity index (χ4v) is 2.68. The van der Waals surface area contributed by atoms with Crippen LogP contribution in [0.1, 0.15) is 39.3 Å².